The van der Waals surface area contributed by atoms with Gasteiger partial charge in [-0.05, 0) is 47.2 Å². The Morgan fingerprint density at radius 3 is 2.90 bits per heavy atom. The number of aromatic nitrogens is 2. The van der Waals surface area contributed by atoms with Crippen molar-refractivity contribution in [1.29, 1.82) is 5.26 Å². The number of hydrogen-bond donors (Lipinski definition) is 2. The van der Waals surface area contributed by atoms with E-state index in [1.807, 2.05) is 67.9 Å². The molecule has 4 aromatic rings. The quantitative estimate of drug-likeness (QED) is 0.443. The van der Waals surface area contributed by atoms with E-state index in [1.165, 1.54) is 0 Å². The number of allylic oxidation sites excluding steroid dienone is 1. The second-order valence-corrected chi connectivity index (χ2v) is 7.36. The van der Waals surface area contributed by atoms with Gasteiger partial charge in [-0.2, -0.15) is 5.26 Å². The van der Waals surface area contributed by atoms with Crippen molar-refractivity contribution >= 4 is 39.2 Å². The van der Waals surface area contributed by atoms with Gasteiger partial charge in [0.1, 0.15) is 0 Å². The molecule has 0 saturated carbocycles. The Morgan fingerprint density at radius 1 is 1.27 bits per heavy atom. The largest absolute Gasteiger partial charge is 0.369 e. The molecule has 4 rings (SSSR count). The van der Waals surface area contributed by atoms with Crippen molar-refractivity contribution in [2.45, 2.75) is 25.7 Å². The maximum atomic E-state index is 12.0. The van der Waals surface area contributed by atoms with Gasteiger partial charge >= 0.3 is 0 Å². The Kier molecular flexibility index (Phi) is 5.32. The van der Waals surface area contributed by atoms with Crippen LogP contribution in [0.4, 0.5) is 0 Å². The third-order valence-electron chi connectivity index (χ3n) is 5.45. The third kappa shape index (κ3) is 3.56. The number of amides is 1. The van der Waals surface area contributed by atoms with E-state index in [0.717, 1.165) is 44.8 Å². The number of fused-ring (bicyclic) bond motifs is 2. The van der Waals surface area contributed by atoms with Gasteiger partial charge in [0, 0.05) is 40.4 Å². The molecule has 5 nitrogen and oxygen atoms in total. The van der Waals surface area contributed by atoms with Gasteiger partial charge < -0.3 is 10.7 Å². The van der Waals surface area contributed by atoms with Gasteiger partial charge in [0.25, 0.3) is 0 Å². The fraction of sp³-hybridized carbons (Fsp3) is 0.160. The van der Waals surface area contributed by atoms with Crippen LogP contribution in [0, 0.1) is 11.3 Å². The fourth-order valence-corrected chi connectivity index (χ4v) is 3.94. The molecular weight excluding hydrogens is 372 g/mol. The van der Waals surface area contributed by atoms with Crippen LogP contribution < -0.4 is 5.73 Å². The molecule has 0 aliphatic heterocycles. The molecule has 148 valence electrons. The van der Waals surface area contributed by atoms with Crippen LogP contribution in [0.1, 0.15) is 42.4 Å². The molecule has 0 bridgehead atoms. The minimum atomic E-state index is -0.331. The van der Waals surface area contributed by atoms with E-state index in [2.05, 4.69) is 16.0 Å². The Labute approximate surface area is 174 Å². The lowest BCUT2D eigenvalue weighted by Crippen LogP contribution is -2.21. The number of primary amides is 1. The Hall–Kier alpha value is -3.91. The van der Waals surface area contributed by atoms with Crippen molar-refractivity contribution in [2.24, 2.45) is 5.73 Å². The smallest absolute Gasteiger partial charge is 0.224 e. The lowest BCUT2D eigenvalue weighted by Gasteiger charge is -2.13. The zero-order valence-electron chi connectivity index (χ0n) is 16.7. The molecule has 3 N–H and O–H groups in total. The second-order valence-electron chi connectivity index (χ2n) is 7.36. The zero-order chi connectivity index (χ0) is 21.1. The second kappa shape index (κ2) is 8.22. The third-order valence-corrected chi connectivity index (χ3v) is 5.45. The summed E-state index contributed by atoms with van der Waals surface area (Å²) in [6.07, 6.45) is 8.87. The number of H-pyrrole nitrogens is 1. The summed E-state index contributed by atoms with van der Waals surface area (Å²) in [6.45, 7) is 2.03. The molecule has 5 heteroatoms. The highest BCUT2D eigenvalue weighted by molar-refractivity contribution is 6.04. The number of hydrogen-bond acceptors (Lipinski definition) is 3. The highest BCUT2D eigenvalue weighted by Gasteiger charge is 2.18. The number of nitrogens with zero attached hydrogens (tertiary/aromatic N) is 2. The van der Waals surface area contributed by atoms with Crippen LogP contribution in [0.25, 0.3) is 33.3 Å². The van der Waals surface area contributed by atoms with Crippen LogP contribution >= 0.6 is 0 Å². The van der Waals surface area contributed by atoms with Crippen molar-refractivity contribution in [3.8, 4) is 6.07 Å². The highest BCUT2D eigenvalue weighted by Crippen LogP contribution is 2.31. The van der Waals surface area contributed by atoms with E-state index >= 15 is 0 Å². The van der Waals surface area contributed by atoms with Crippen LogP contribution in [0.15, 0.2) is 61.1 Å². The molecule has 1 atom stereocenters. The maximum Gasteiger partial charge on any atom is 0.224 e. The van der Waals surface area contributed by atoms with E-state index < -0.39 is 0 Å². The fourth-order valence-electron chi connectivity index (χ4n) is 3.94. The monoisotopic (exact) mass is 394 g/mol. The Balaban J connectivity index is 1.84. The number of nitrogens with two attached hydrogens (primary N) is 1. The first-order chi connectivity index (χ1) is 14.6. The predicted octanol–water partition coefficient (Wildman–Crippen LogP) is 5.15. The first-order valence-corrected chi connectivity index (χ1v) is 9.97. The molecule has 0 spiro atoms. The van der Waals surface area contributed by atoms with E-state index in [0.29, 0.717) is 12.0 Å². The van der Waals surface area contributed by atoms with E-state index in [4.69, 9.17) is 5.73 Å². The minimum Gasteiger partial charge on any atom is -0.369 e. The summed E-state index contributed by atoms with van der Waals surface area (Å²) in [5.41, 5.74) is 9.74. The molecule has 0 fully saturated rings. The van der Waals surface area contributed by atoms with Crippen molar-refractivity contribution in [1.82, 2.24) is 9.97 Å². The van der Waals surface area contributed by atoms with Crippen molar-refractivity contribution in [3.63, 3.8) is 0 Å². The van der Waals surface area contributed by atoms with Gasteiger partial charge in [-0.15, -0.1) is 0 Å². The number of rotatable bonds is 6. The number of pyridine rings is 1. The average Bonchev–Trinajstić information content (AvgIpc) is 3.18. The molecule has 1 amide bonds. The molecule has 2 aromatic carbocycles. The summed E-state index contributed by atoms with van der Waals surface area (Å²) in [7, 11) is 0. The van der Waals surface area contributed by atoms with E-state index in [-0.39, 0.29) is 11.8 Å². The normalized spacial score (nSPS) is 12.7. The zero-order valence-corrected chi connectivity index (χ0v) is 16.7. The molecule has 2 heterocycles. The van der Waals surface area contributed by atoms with Gasteiger partial charge in [-0.25, -0.2) is 0 Å². The van der Waals surface area contributed by atoms with Gasteiger partial charge in [0.2, 0.25) is 5.91 Å². The predicted molar refractivity (Wildman–Crippen MR) is 120 cm³/mol. The van der Waals surface area contributed by atoms with Crippen LogP contribution in [0.2, 0.25) is 0 Å². The number of carbonyl (C=O) groups excluding carboxylic acids is 1. The van der Waals surface area contributed by atoms with Gasteiger partial charge in [0.15, 0.2) is 0 Å². The summed E-state index contributed by atoms with van der Waals surface area (Å²) in [6, 6.07) is 16.1. The van der Waals surface area contributed by atoms with Crippen LogP contribution in [-0.4, -0.2) is 15.9 Å². The first-order valence-electron chi connectivity index (χ1n) is 9.97. The SMILES string of the molecule is CCCC(C(N)=O)c1ccc2[nH]cc(/C(C#N)=C/c3cccc4cnccc34)c2c1. The number of aromatic amines is 1. The van der Waals surface area contributed by atoms with Gasteiger partial charge in [-0.1, -0.05) is 37.6 Å². The van der Waals surface area contributed by atoms with E-state index in [9.17, 15) is 10.1 Å². The van der Waals surface area contributed by atoms with Crippen molar-refractivity contribution < 1.29 is 4.79 Å². The molecule has 0 radical (unpaired) electrons. The minimum absolute atomic E-state index is 0.325. The molecular formula is C25H22N4O. The number of carbonyl (C=O) groups is 1. The Bertz CT molecular complexity index is 1300. The first kappa shape index (κ1) is 19.4. The standard InChI is InChI=1S/C25H22N4O/c1-2-4-21(25(27)30)17-7-8-24-22(12-17)23(15-29-24)19(13-26)11-16-5-3-6-18-14-28-10-9-20(16)18/h3,5-12,14-15,21,29H,2,4H2,1H3,(H2,27,30)/b19-11+. The number of benzene rings is 2. The lowest BCUT2D eigenvalue weighted by atomic mass is 9.91. The summed E-state index contributed by atoms with van der Waals surface area (Å²) >= 11 is 0. The molecule has 30 heavy (non-hydrogen) atoms. The Morgan fingerprint density at radius 2 is 2.13 bits per heavy atom. The molecule has 0 saturated heterocycles. The number of nitriles is 1. The number of nitrogens with one attached hydrogen (secondary N) is 1. The van der Waals surface area contributed by atoms with E-state index in [1.54, 1.807) is 6.20 Å². The molecule has 0 aliphatic rings. The van der Waals surface area contributed by atoms with Crippen LogP contribution in [-0.2, 0) is 4.79 Å². The van der Waals surface area contributed by atoms with Crippen molar-refractivity contribution in [3.05, 3.63) is 77.7 Å². The molecule has 1 unspecified atom stereocenters. The molecule has 0 aliphatic carbocycles. The lowest BCUT2D eigenvalue weighted by molar-refractivity contribution is -0.119. The topological polar surface area (TPSA) is 95.6 Å². The highest BCUT2D eigenvalue weighted by atomic mass is 16.1. The van der Waals surface area contributed by atoms with Crippen LogP contribution in [0.3, 0.4) is 0 Å². The van der Waals surface area contributed by atoms with Gasteiger partial charge in [0.05, 0.1) is 17.6 Å². The van der Waals surface area contributed by atoms with Crippen LogP contribution in [0.5, 0.6) is 0 Å². The summed E-state index contributed by atoms with van der Waals surface area (Å²) in [5.74, 6) is -0.657. The van der Waals surface area contributed by atoms with Gasteiger partial charge in [-0.3, -0.25) is 9.78 Å². The summed E-state index contributed by atoms with van der Waals surface area (Å²) < 4.78 is 0. The maximum absolute atomic E-state index is 12.0. The van der Waals surface area contributed by atoms with Crippen molar-refractivity contribution in [2.75, 3.05) is 0 Å². The summed E-state index contributed by atoms with van der Waals surface area (Å²) in [4.78, 5) is 19.4. The average molecular weight is 394 g/mol. The molecule has 2 aromatic heterocycles. The summed E-state index contributed by atoms with van der Waals surface area (Å²) in [5, 5.41) is 12.9.